The fraction of sp³-hybridized carbons (Fsp3) is 0. The van der Waals surface area contributed by atoms with Crippen molar-refractivity contribution < 1.29 is 13.6 Å². The Balaban J connectivity index is 1.80. The van der Waals surface area contributed by atoms with Crippen LogP contribution in [0.1, 0.15) is 10.4 Å². The van der Waals surface area contributed by atoms with Crippen LogP contribution in [0.15, 0.2) is 72.8 Å². The van der Waals surface area contributed by atoms with Gasteiger partial charge in [-0.25, -0.2) is 13.8 Å². The van der Waals surface area contributed by atoms with Crippen molar-refractivity contribution in [3.05, 3.63) is 95.0 Å². The molecule has 0 unspecified atom stereocenters. The zero-order chi connectivity index (χ0) is 19.7. The first-order chi connectivity index (χ1) is 13.5. The number of para-hydroxylation sites is 1. The normalized spacial score (nSPS) is 10.8. The van der Waals surface area contributed by atoms with Crippen molar-refractivity contribution >= 4 is 34.1 Å². The lowest BCUT2D eigenvalue weighted by Gasteiger charge is -2.11. The molecule has 0 aliphatic rings. The molecule has 0 aliphatic carbocycles. The molecule has 1 aromatic heterocycles. The smallest absolute Gasteiger partial charge is 0.256 e. The first-order valence-corrected chi connectivity index (χ1v) is 8.81. The van der Waals surface area contributed by atoms with E-state index in [0.29, 0.717) is 27.2 Å². The van der Waals surface area contributed by atoms with Crippen LogP contribution in [0.4, 0.5) is 14.5 Å². The molecule has 3 aromatic carbocycles. The van der Waals surface area contributed by atoms with Gasteiger partial charge in [0.2, 0.25) is 0 Å². The lowest BCUT2D eigenvalue weighted by Crippen LogP contribution is -2.14. The standard InChI is InChI=1S/C22H13ClF2N2O/c23-14-7-5-13(6-8-14)21-12-17(16-3-1-2-4-19(16)26-21)22(28)27-20-10-9-15(24)11-18(20)25/h1-12H,(H,27,28). The van der Waals surface area contributed by atoms with Crippen molar-refractivity contribution in [1.29, 1.82) is 0 Å². The zero-order valence-corrected chi connectivity index (χ0v) is 15.2. The summed E-state index contributed by atoms with van der Waals surface area (Å²) in [6.45, 7) is 0. The molecule has 138 valence electrons. The van der Waals surface area contributed by atoms with Gasteiger partial charge in [0.05, 0.1) is 22.5 Å². The minimum atomic E-state index is -0.843. The minimum Gasteiger partial charge on any atom is -0.319 e. The van der Waals surface area contributed by atoms with Crippen molar-refractivity contribution in [3.8, 4) is 11.3 Å². The molecule has 1 amide bonds. The first-order valence-electron chi connectivity index (χ1n) is 8.43. The van der Waals surface area contributed by atoms with E-state index in [9.17, 15) is 13.6 Å². The number of nitrogens with zero attached hydrogens (tertiary/aromatic N) is 1. The molecule has 0 radical (unpaired) electrons. The number of benzene rings is 3. The highest BCUT2D eigenvalue weighted by molar-refractivity contribution is 6.30. The molecular formula is C22H13ClF2N2O. The number of fused-ring (bicyclic) bond motifs is 1. The predicted molar refractivity (Wildman–Crippen MR) is 107 cm³/mol. The topological polar surface area (TPSA) is 42.0 Å². The highest BCUT2D eigenvalue weighted by Gasteiger charge is 2.16. The average molecular weight is 395 g/mol. The number of hydrogen-bond donors (Lipinski definition) is 1. The highest BCUT2D eigenvalue weighted by Crippen LogP contribution is 2.27. The SMILES string of the molecule is O=C(Nc1ccc(F)cc1F)c1cc(-c2ccc(Cl)cc2)nc2ccccc12. The van der Waals surface area contributed by atoms with Crippen molar-refractivity contribution in [2.75, 3.05) is 5.32 Å². The molecule has 1 N–H and O–H groups in total. The molecule has 0 atom stereocenters. The van der Waals surface area contributed by atoms with Crippen LogP contribution in [-0.2, 0) is 0 Å². The van der Waals surface area contributed by atoms with E-state index in [1.165, 1.54) is 6.07 Å². The Morgan fingerprint density at radius 2 is 1.68 bits per heavy atom. The Labute approximate surface area is 164 Å². The Kier molecular flexibility index (Phi) is 4.75. The molecule has 0 saturated heterocycles. The summed E-state index contributed by atoms with van der Waals surface area (Å²) in [6.07, 6.45) is 0. The van der Waals surface area contributed by atoms with Gasteiger partial charge >= 0.3 is 0 Å². The van der Waals surface area contributed by atoms with Gasteiger partial charge in [-0.2, -0.15) is 0 Å². The van der Waals surface area contributed by atoms with Gasteiger partial charge in [0.25, 0.3) is 5.91 Å². The van der Waals surface area contributed by atoms with E-state index in [1.54, 1.807) is 48.5 Å². The summed E-state index contributed by atoms with van der Waals surface area (Å²) in [7, 11) is 0. The maximum atomic E-state index is 13.9. The number of nitrogens with one attached hydrogen (secondary N) is 1. The second kappa shape index (κ2) is 7.37. The zero-order valence-electron chi connectivity index (χ0n) is 14.4. The van der Waals surface area contributed by atoms with E-state index >= 15 is 0 Å². The Bertz CT molecular complexity index is 1190. The van der Waals surface area contributed by atoms with Gasteiger partial charge in [0.15, 0.2) is 0 Å². The van der Waals surface area contributed by atoms with Gasteiger partial charge in [-0.3, -0.25) is 4.79 Å². The molecule has 0 saturated carbocycles. The lowest BCUT2D eigenvalue weighted by molar-refractivity contribution is 0.102. The highest BCUT2D eigenvalue weighted by atomic mass is 35.5. The molecule has 0 spiro atoms. The van der Waals surface area contributed by atoms with Gasteiger partial charge < -0.3 is 5.32 Å². The van der Waals surface area contributed by atoms with Gasteiger partial charge in [0.1, 0.15) is 11.6 Å². The second-order valence-electron chi connectivity index (χ2n) is 6.16. The largest absolute Gasteiger partial charge is 0.319 e. The number of pyridine rings is 1. The fourth-order valence-electron chi connectivity index (χ4n) is 2.91. The third-order valence-electron chi connectivity index (χ3n) is 4.28. The van der Waals surface area contributed by atoms with E-state index in [2.05, 4.69) is 10.3 Å². The number of anilines is 1. The number of halogens is 3. The molecule has 0 bridgehead atoms. The number of carbonyl (C=O) groups is 1. The maximum absolute atomic E-state index is 13.9. The predicted octanol–water partition coefficient (Wildman–Crippen LogP) is 6.09. The quantitative estimate of drug-likeness (QED) is 0.457. The van der Waals surface area contributed by atoms with Crippen LogP contribution in [0, 0.1) is 11.6 Å². The average Bonchev–Trinajstić information content (AvgIpc) is 2.69. The molecule has 3 nitrogen and oxygen atoms in total. The molecule has 4 aromatic rings. The summed E-state index contributed by atoms with van der Waals surface area (Å²) < 4.78 is 27.1. The molecule has 1 heterocycles. The van der Waals surface area contributed by atoms with Crippen LogP contribution < -0.4 is 5.32 Å². The summed E-state index contributed by atoms with van der Waals surface area (Å²) in [4.78, 5) is 17.5. The maximum Gasteiger partial charge on any atom is 0.256 e. The number of carbonyl (C=O) groups excluding carboxylic acids is 1. The molecule has 6 heteroatoms. The van der Waals surface area contributed by atoms with Crippen molar-refractivity contribution in [1.82, 2.24) is 4.98 Å². The van der Waals surface area contributed by atoms with E-state index < -0.39 is 17.5 Å². The van der Waals surface area contributed by atoms with Crippen LogP contribution in [0.5, 0.6) is 0 Å². The number of amides is 1. The monoisotopic (exact) mass is 394 g/mol. The van der Waals surface area contributed by atoms with Crippen molar-refractivity contribution in [2.45, 2.75) is 0 Å². The molecule has 28 heavy (non-hydrogen) atoms. The van der Waals surface area contributed by atoms with Gasteiger partial charge in [-0.15, -0.1) is 0 Å². The molecule has 0 fully saturated rings. The molecule has 4 rings (SSSR count). The number of hydrogen-bond acceptors (Lipinski definition) is 2. The fourth-order valence-corrected chi connectivity index (χ4v) is 3.04. The number of rotatable bonds is 3. The van der Waals surface area contributed by atoms with Gasteiger partial charge in [-0.05, 0) is 36.4 Å². The van der Waals surface area contributed by atoms with E-state index in [0.717, 1.165) is 17.7 Å². The first kappa shape index (κ1) is 18.1. The minimum absolute atomic E-state index is 0.0969. The Morgan fingerprint density at radius 3 is 2.43 bits per heavy atom. The third kappa shape index (κ3) is 3.57. The second-order valence-corrected chi connectivity index (χ2v) is 6.59. The van der Waals surface area contributed by atoms with Crippen LogP contribution in [0.25, 0.3) is 22.2 Å². The van der Waals surface area contributed by atoms with Gasteiger partial charge in [-0.1, -0.05) is 41.9 Å². The Hall–Kier alpha value is -3.31. The summed E-state index contributed by atoms with van der Waals surface area (Å²) in [5.74, 6) is -2.07. The lowest BCUT2D eigenvalue weighted by atomic mass is 10.0. The van der Waals surface area contributed by atoms with Crippen LogP contribution in [-0.4, -0.2) is 10.9 Å². The van der Waals surface area contributed by atoms with Gasteiger partial charge in [0, 0.05) is 22.0 Å². The van der Waals surface area contributed by atoms with E-state index in [-0.39, 0.29) is 5.69 Å². The van der Waals surface area contributed by atoms with Crippen LogP contribution in [0.2, 0.25) is 5.02 Å². The van der Waals surface area contributed by atoms with Crippen molar-refractivity contribution in [3.63, 3.8) is 0 Å². The summed E-state index contributed by atoms with van der Waals surface area (Å²) >= 11 is 5.95. The van der Waals surface area contributed by atoms with E-state index in [1.807, 2.05) is 6.07 Å². The van der Waals surface area contributed by atoms with Crippen LogP contribution in [0.3, 0.4) is 0 Å². The van der Waals surface area contributed by atoms with Crippen LogP contribution >= 0.6 is 11.6 Å². The summed E-state index contributed by atoms with van der Waals surface area (Å²) in [6, 6.07) is 18.9. The third-order valence-corrected chi connectivity index (χ3v) is 4.53. The summed E-state index contributed by atoms with van der Waals surface area (Å²) in [5, 5.41) is 3.72. The van der Waals surface area contributed by atoms with Crippen molar-refractivity contribution in [2.24, 2.45) is 0 Å². The summed E-state index contributed by atoms with van der Waals surface area (Å²) in [5.41, 5.74) is 2.23. The molecular weight excluding hydrogens is 382 g/mol. The van der Waals surface area contributed by atoms with E-state index in [4.69, 9.17) is 11.6 Å². The Morgan fingerprint density at radius 1 is 0.929 bits per heavy atom. The number of aromatic nitrogens is 1. The molecule has 0 aliphatic heterocycles.